The van der Waals surface area contributed by atoms with E-state index in [9.17, 15) is 4.39 Å². The number of hydrogen-bond acceptors (Lipinski definition) is 3. The molecule has 1 N–H and O–H groups in total. The summed E-state index contributed by atoms with van der Waals surface area (Å²) in [6.07, 6.45) is 3.54. The first-order valence-electron chi connectivity index (χ1n) is 6.74. The standard InChI is InChI=1S/C15H17FN2S/c1-2-13-14(9-17-12-7-8-12)19-15(18-13)10-3-5-11(16)6-4-10/h3-6,12,17H,2,7-9H2,1H3. The van der Waals surface area contributed by atoms with E-state index in [1.165, 1.54) is 29.9 Å². The van der Waals surface area contributed by atoms with Gasteiger partial charge in [-0.2, -0.15) is 0 Å². The van der Waals surface area contributed by atoms with Gasteiger partial charge in [-0.1, -0.05) is 6.92 Å². The monoisotopic (exact) mass is 276 g/mol. The minimum atomic E-state index is -0.202. The van der Waals surface area contributed by atoms with E-state index in [1.807, 2.05) is 0 Å². The summed E-state index contributed by atoms with van der Waals surface area (Å²) < 4.78 is 12.9. The largest absolute Gasteiger partial charge is 0.309 e. The van der Waals surface area contributed by atoms with Gasteiger partial charge in [0.2, 0.25) is 0 Å². The smallest absolute Gasteiger partial charge is 0.123 e. The summed E-state index contributed by atoms with van der Waals surface area (Å²) in [5, 5.41) is 4.52. The predicted octanol–water partition coefficient (Wildman–Crippen LogP) is 3.76. The van der Waals surface area contributed by atoms with Crippen molar-refractivity contribution in [1.29, 1.82) is 0 Å². The average molecular weight is 276 g/mol. The maximum atomic E-state index is 12.9. The third-order valence-corrected chi connectivity index (χ3v) is 4.48. The van der Waals surface area contributed by atoms with E-state index in [0.29, 0.717) is 6.04 Å². The van der Waals surface area contributed by atoms with Crippen LogP contribution < -0.4 is 5.32 Å². The molecule has 2 nitrogen and oxygen atoms in total. The van der Waals surface area contributed by atoms with Crippen LogP contribution in [-0.4, -0.2) is 11.0 Å². The summed E-state index contributed by atoms with van der Waals surface area (Å²) in [6.45, 7) is 3.04. The summed E-state index contributed by atoms with van der Waals surface area (Å²) in [7, 11) is 0. The summed E-state index contributed by atoms with van der Waals surface area (Å²) >= 11 is 1.72. The van der Waals surface area contributed by atoms with Crippen LogP contribution in [0.4, 0.5) is 4.39 Å². The van der Waals surface area contributed by atoms with Crippen molar-refractivity contribution in [1.82, 2.24) is 10.3 Å². The fraction of sp³-hybridized carbons (Fsp3) is 0.400. The van der Waals surface area contributed by atoms with E-state index in [-0.39, 0.29) is 5.82 Å². The highest BCUT2D eigenvalue weighted by atomic mass is 32.1. The van der Waals surface area contributed by atoms with Crippen molar-refractivity contribution in [2.75, 3.05) is 0 Å². The highest BCUT2D eigenvalue weighted by molar-refractivity contribution is 7.15. The van der Waals surface area contributed by atoms with Gasteiger partial charge < -0.3 is 5.32 Å². The van der Waals surface area contributed by atoms with Crippen LogP contribution >= 0.6 is 11.3 Å². The summed E-state index contributed by atoms with van der Waals surface area (Å²) in [4.78, 5) is 6.00. The highest BCUT2D eigenvalue weighted by Crippen LogP contribution is 2.29. The van der Waals surface area contributed by atoms with Crippen LogP contribution in [0.2, 0.25) is 0 Å². The molecular weight excluding hydrogens is 259 g/mol. The van der Waals surface area contributed by atoms with Crippen molar-refractivity contribution < 1.29 is 4.39 Å². The molecule has 0 saturated heterocycles. The van der Waals surface area contributed by atoms with Gasteiger partial charge in [0.25, 0.3) is 0 Å². The first-order valence-corrected chi connectivity index (χ1v) is 7.56. The van der Waals surface area contributed by atoms with E-state index < -0.39 is 0 Å². The van der Waals surface area contributed by atoms with Gasteiger partial charge in [-0.05, 0) is 43.5 Å². The molecule has 1 saturated carbocycles. The molecule has 3 rings (SSSR count). The Kier molecular flexibility index (Phi) is 3.62. The van der Waals surface area contributed by atoms with Gasteiger partial charge in [0.05, 0.1) is 5.69 Å². The maximum absolute atomic E-state index is 12.9. The molecule has 100 valence electrons. The second-order valence-electron chi connectivity index (χ2n) is 4.90. The number of hydrogen-bond donors (Lipinski definition) is 1. The van der Waals surface area contributed by atoms with E-state index in [2.05, 4.69) is 17.2 Å². The first-order chi connectivity index (χ1) is 9.26. The molecule has 1 fully saturated rings. The lowest BCUT2D eigenvalue weighted by Crippen LogP contribution is -2.15. The van der Waals surface area contributed by atoms with Crippen molar-refractivity contribution in [3.63, 3.8) is 0 Å². The number of thiazole rings is 1. The Labute approximate surface area is 116 Å². The molecule has 0 bridgehead atoms. The highest BCUT2D eigenvalue weighted by Gasteiger charge is 2.21. The molecule has 1 aliphatic carbocycles. The van der Waals surface area contributed by atoms with Crippen molar-refractivity contribution in [3.8, 4) is 10.6 Å². The van der Waals surface area contributed by atoms with E-state index >= 15 is 0 Å². The lowest BCUT2D eigenvalue weighted by molar-refractivity contribution is 0.628. The number of aromatic nitrogens is 1. The molecule has 0 spiro atoms. The normalized spacial score (nSPS) is 14.8. The fourth-order valence-electron chi connectivity index (χ4n) is 2.04. The topological polar surface area (TPSA) is 24.9 Å². The first kappa shape index (κ1) is 12.8. The van der Waals surface area contributed by atoms with Gasteiger partial charge in [0.15, 0.2) is 0 Å². The Hall–Kier alpha value is -1.26. The van der Waals surface area contributed by atoms with Crippen LogP contribution in [0.1, 0.15) is 30.3 Å². The number of benzene rings is 1. The fourth-order valence-corrected chi connectivity index (χ4v) is 3.14. The molecule has 2 aromatic rings. The number of aryl methyl sites for hydroxylation is 1. The van der Waals surface area contributed by atoms with Crippen molar-refractivity contribution in [3.05, 3.63) is 40.7 Å². The van der Waals surface area contributed by atoms with Gasteiger partial charge >= 0.3 is 0 Å². The lowest BCUT2D eigenvalue weighted by Gasteiger charge is -2.00. The average Bonchev–Trinajstić information content (AvgIpc) is 3.16. The summed E-state index contributed by atoms with van der Waals surface area (Å²) in [5.74, 6) is -0.202. The molecule has 0 radical (unpaired) electrons. The molecule has 4 heteroatoms. The van der Waals surface area contributed by atoms with Gasteiger partial charge in [-0.3, -0.25) is 0 Å². The number of rotatable bonds is 5. The molecule has 0 atom stereocenters. The van der Waals surface area contributed by atoms with E-state index in [0.717, 1.165) is 29.2 Å². The zero-order valence-electron chi connectivity index (χ0n) is 10.9. The zero-order chi connectivity index (χ0) is 13.2. The SMILES string of the molecule is CCc1nc(-c2ccc(F)cc2)sc1CNC1CC1. The predicted molar refractivity (Wildman–Crippen MR) is 76.7 cm³/mol. The second-order valence-corrected chi connectivity index (χ2v) is 5.99. The molecule has 1 aliphatic rings. The summed E-state index contributed by atoms with van der Waals surface area (Å²) in [5.41, 5.74) is 2.16. The van der Waals surface area contributed by atoms with E-state index in [4.69, 9.17) is 0 Å². The Morgan fingerprint density at radius 1 is 1.32 bits per heavy atom. The minimum Gasteiger partial charge on any atom is -0.309 e. The van der Waals surface area contributed by atoms with Gasteiger partial charge in [0, 0.05) is 23.0 Å². The van der Waals surface area contributed by atoms with Crippen LogP contribution in [0.15, 0.2) is 24.3 Å². The Morgan fingerprint density at radius 2 is 2.05 bits per heavy atom. The quantitative estimate of drug-likeness (QED) is 0.899. The third kappa shape index (κ3) is 3.01. The lowest BCUT2D eigenvalue weighted by atomic mass is 10.2. The second kappa shape index (κ2) is 5.39. The number of halogens is 1. The molecule has 0 amide bonds. The van der Waals surface area contributed by atoms with Crippen LogP contribution in [0.3, 0.4) is 0 Å². The van der Waals surface area contributed by atoms with Crippen LogP contribution in [0.25, 0.3) is 10.6 Å². The number of nitrogens with zero attached hydrogens (tertiary/aromatic N) is 1. The van der Waals surface area contributed by atoms with Crippen LogP contribution in [-0.2, 0) is 13.0 Å². The molecule has 1 heterocycles. The molecule has 1 aromatic carbocycles. The molecular formula is C15H17FN2S. The van der Waals surface area contributed by atoms with Crippen molar-refractivity contribution in [2.45, 2.75) is 38.8 Å². The zero-order valence-corrected chi connectivity index (χ0v) is 11.8. The number of nitrogens with one attached hydrogen (secondary N) is 1. The molecule has 1 aromatic heterocycles. The third-order valence-electron chi connectivity index (χ3n) is 3.33. The van der Waals surface area contributed by atoms with Gasteiger partial charge in [-0.25, -0.2) is 9.37 Å². The van der Waals surface area contributed by atoms with Gasteiger partial charge in [0.1, 0.15) is 10.8 Å². The molecule has 0 aliphatic heterocycles. The van der Waals surface area contributed by atoms with Crippen LogP contribution in [0.5, 0.6) is 0 Å². The Morgan fingerprint density at radius 3 is 2.68 bits per heavy atom. The molecule has 19 heavy (non-hydrogen) atoms. The maximum Gasteiger partial charge on any atom is 0.123 e. The summed E-state index contributed by atoms with van der Waals surface area (Å²) in [6, 6.07) is 7.29. The minimum absolute atomic E-state index is 0.202. The molecule has 0 unspecified atom stereocenters. The van der Waals surface area contributed by atoms with Crippen LogP contribution in [0, 0.1) is 5.82 Å². The van der Waals surface area contributed by atoms with Crippen molar-refractivity contribution in [2.24, 2.45) is 0 Å². The Balaban J connectivity index is 1.82. The van der Waals surface area contributed by atoms with Crippen molar-refractivity contribution >= 4 is 11.3 Å². The van der Waals surface area contributed by atoms with E-state index in [1.54, 1.807) is 23.5 Å². The van der Waals surface area contributed by atoms with Gasteiger partial charge in [-0.15, -0.1) is 11.3 Å². The Bertz CT molecular complexity index is 558.